The van der Waals surface area contributed by atoms with Crippen molar-refractivity contribution in [2.45, 2.75) is 43.9 Å². The number of hydrogen-bond donors (Lipinski definition) is 3. The lowest BCUT2D eigenvalue weighted by molar-refractivity contribution is -0.298. The minimum absolute atomic E-state index is 0.0744. The summed E-state index contributed by atoms with van der Waals surface area (Å²) < 4.78 is 16.5. The van der Waals surface area contributed by atoms with Crippen molar-refractivity contribution in [2.24, 2.45) is 0 Å². The van der Waals surface area contributed by atoms with Crippen LogP contribution in [0.1, 0.15) is 11.1 Å². The van der Waals surface area contributed by atoms with Crippen LogP contribution in [-0.4, -0.2) is 52.6 Å². The van der Waals surface area contributed by atoms with Crippen LogP contribution in [0, 0.1) is 0 Å². The Labute approximate surface area is 152 Å². The van der Waals surface area contributed by atoms with E-state index >= 15 is 0 Å². The molecule has 140 valence electrons. The first-order chi connectivity index (χ1) is 12.6. The van der Waals surface area contributed by atoms with Crippen LogP contribution in [0.25, 0.3) is 0 Å². The molecule has 26 heavy (non-hydrogen) atoms. The lowest BCUT2D eigenvalue weighted by Gasteiger charge is -2.40. The van der Waals surface area contributed by atoms with Crippen molar-refractivity contribution >= 4 is 0 Å². The highest BCUT2D eigenvalue weighted by Gasteiger charge is 2.44. The molecule has 1 fully saturated rings. The van der Waals surface area contributed by atoms with E-state index in [9.17, 15) is 15.3 Å². The average molecular weight is 360 g/mol. The van der Waals surface area contributed by atoms with Gasteiger partial charge in [-0.1, -0.05) is 60.7 Å². The van der Waals surface area contributed by atoms with E-state index in [0.717, 1.165) is 11.1 Å². The number of ether oxygens (including phenoxy) is 3. The third-order valence-corrected chi connectivity index (χ3v) is 4.34. The summed E-state index contributed by atoms with van der Waals surface area (Å²) in [5, 5.41) is 30.5. The first-order valence-corrected chi connectivity index (χ1v) is 8.62. The molecule has 0 saturated carbocycles. The van der Waals surface area contributed by atoms with E-state index in [1.807, 2.05) is 60.7 Å². The smallest absolute Gasteiger partial charge is 0.184 e. The molecule has 3 N–H and O–H groups in total. The van der Waals surface area contributed by atoms with Crippen molar-refractivity contribution in [3.8, 4) is 0 Å². The van der Waals surface area contributed by atoms with Gasteiger partial charge < -0.3 is 29.5 Å². The molecule has 2 aromatic carbocycles. The second kappa shape index (κ2) is 9.23. The minimum atomic E-state index is -1.44. The molecule has 0 unspecified atom stereocenters. The highest BCUT2D eigenvalue weighted by Crippen LogP contribution is 2.24. The van der Waals surface area contributed by atoms with Gasteiger partial charge in [-0.05, 0) is 11.1 Å². The average Bonchev–Trinajstić information content (AvgIpc) is 2.67. The standard InChI is InChI=1S/C20H24O6/c21-17-16(13-24-11-14-7-3-1-4-8-14)26-20(23)18(22)19(17)25-12-15-9-5-2-6-10-15/h1-10,16-23H,11-13H2/t16-,17-,18-,19+,20-/m0/s1. The molecule has 0 amide bonds. The topological polar surface area (TPSA) is 88.4 Å². The Morgan fingerprint density at radius 1 is 0.769 bits per heavy atom. The van der Waals surface area contributed by atoms with E-state index in [1.54, 1.807) is 0 Å². The Balaban J connectivity index is 1.55. The molecule has 1 saturated heterocycles. The molecule has 6 nitrogen and oxygen atoms in total. The van der Waals surface area contributed by atoms with Gasteiger partial charge in [-0.3, -0.25) is 0 Å². The normalized spacial score (nSPS) is 28.8. The summed E-state index contributed by atoms with van der Waals surface area (Å²) in [5.74, 6) is 0. The van der Waals surface area contributed by atoms with E-state index in [4.69, 9.17) is 14.2 Å². The molecule has 2 aromatic rings. The van der Waals surface area contributed by atoms with E-state index in [2.05, 4.69) is 0 Å². The van der Waals surface area contributed by atoms with Crippen LogP contribution in [0.15, 0.2) is 60.7 Å². The van der Waals surface area contributed by atoms with E-state index in [-0.39, 0.29) is 13.2 Å². The predicted molar refractivity (Wildman–Crippen MR) is 94.0 cm³/mol. The number of rotatable bonds is 7. The molecule has 0 radical (unpaired) electrons. The fourth-order valence-electron chi connectivity index (χ4n) is 2.88. The van der Waals surface area contributed by atoms with Crippen LogP contribution >= 0.6 is 0 Å². The summed E-state index contributed by atoms with van der Waals surface area (Å²) in [6.45, 7) is 0.649. The highest BCUT2D eigenvalue weighted by atomic mass is 16.7. The van der Waals surface area contributed by atoms with Crippen LogP contribution < -0.4 is 0 Å². The van der Waals surface area contributed by atoms with Gasteiger partial charge in [0.2, 0.25) is 0 Å². The van der Waals surface area contributed by atoms with E-state index in [1.165, 1.54) is 0 Å². The molecule has 0 aromatic heterocycles. The molecular weight excluding hydrogens is 336 g/mol. The summed E-state index contributed by atoms with van der Waals surface area (Å²) in [7, 11) is 0. The van der Waals surface area contributed by atoms with Crippen LogP contribution in [0.2, 0.25) is 0 Å². The molecule has 0 bridgehead atoms. The Hall–Kier alpha value is -1.80. The van der Waals surface area contributed by atoms with Crippen molar-refractivity contribution in [3.63, 3.8) is 0 Å². The Morgan fingerprint density at radius 2 is 1.35 bits per heavy atom. The van der Waals surface area contributed by atoms with Gasteiger partial charge in [-0.2, -0.15) is 0 Å². The number of aliphatic hydroxyl groups is 3. The van der Waals surface area contributed by atoms with Crippen LogP contribution in [-0.2, 0) is 27.4 Å². The lowest BCUT2D eigenvalue weighted by atomic mass is 9.99. The number of benzene rings is 2. The lowest BCUT2D eigenvalue weighted by Crippen LogP contribution is -2.59. The molecule has 3 rings (SSSR count). The van der Waals surface area contributed by atoms with Gasteiger partial charge in [-0.15, -0.1) is 0 Å². The molecular formula is C20H24O6. The Kier molecular flexibility index (Phi) is 6.73. The maximum Gasteiger partial charge on any atom is 0.184 e. The van der Waals surface area contributed by atoms with Crippen molar-refractivity contribution in [1.29, 1.82) is 0 Å². The first kappa shape index (κ1) is 19.0. The SMILES string of the molecule is O[C@@H]1[C@@H](OCc2ccccc2)[C@H](O)[C@@H](O)O[C@H]1COCc1ccccc1. The van der Waals surface area contributed by atoms with Gasteiger partial charge >= 0.3 is 0 Å². The van der Waals surface area contributed by atoms with Gasteiger partial charge in [-0.25, -0.2) is 0 Å². The van der Waals surface area contributed by atoms with Gasteiger partial charge in [0.15, 0.2) is 6.29 Å². The highest BCUT2D eigenvalue weighted by molar-refractivity contribution is 5.14. The van der Waals surface area contributed by atoms with Crippen LogP contribution in [0.5, 0.6) is 0 Å². The fourth-order valence-corrected chi connectivity index (χ4v) is 2.88. The summed E-state index contributed by atoms with van der Waals surface area (Å²) in [6, 6.07) is 19.0. The molecule has 1 aliphatic rings. The Bertz CT molecular complexity index is 650. The third-order valence-electron chi connectivity index (χ3n) is 4.34. The zero-order chi connectivity index (χ0) is 18.4. The maximum atomic E-state index is 10.5. The zero-order valence-corrected chi connectivity index (χ0v) is 14.3. The van der Waals surface area contributed by atoms with E-state index in [0.29, 0.717) is 6.61 Å². The molecule has 0 spiro atoms. The van der Waals surface area contributed by atoms with Crippen molar-refractivity contribution in [3.05, 3.63) is 71.8 Å². The molecule has 1 heterocycles. The number of aliphatic hydroxyl groups excluding tert-OH is 3. The summed E-state index contributed by atoms with van der Waals surface area (Å²) in [5.41, 5.74) is 1.90. The van der Waals surface area contributed by atoms with Gasteiger partial charge in [0.05, 0.1) is 19.8 Å². The van der Waals surface area contributed by atoms with Gasteiger partial charge in [0.1, 0.15) is 24.4 Å². The first-order valence-electron chi connectivity index (χ1n) is 8.62. The van der Waals surface area contributed by atoms with Gasteiger partial charge in [0, 0.05) is 0 Å². The van der Waals surface area contributed by atoms with Crippen LogP contribution in [0.3, 0.4) is 0 Å². The molecule has 1 aliphatic heterocycles. The quantitative estimate of drug-likeness (QED) is 0.688. The van der Waals surface area contributed by atoms with Gasteiger partial charge in [0.25, 0.3) is 0 Å². The van der Waals surface area contributed by atoms with Crippen molar-refractivity contribution in [2.75, 3.05) is 6.61 Å². The van der Waals surface area contributed by atoms with E-state index < -0.39 is 30.7 Å². The Morgan fingerprint density at radius 3 is 1.96 bits per heavy atom. The van der Waals surface area contributed by atoms with Crippen molar-refractivity contribution < 1.29 is 29.5 Å². The molecule has 6 heteroatoms. The zero-order valence-electron chi connectivity index (χ0n) is 14.3. The molecule has 0 aliphatic carbocycles. The van der Waals surface area contributed by atoms with Crippen LogP contribution in [0.4, 0.5) is 0 Å². The second-order valence-electron chi connectivity index (χ2n) is 6.31. The maximum absolute atomic E-state index is 10.5. The third kappa shape index (κ3) is 4.88. The molecule has 5 atom stereocenters. The summed E-state index contributed by atoms with van der Waals surface area (Å²) in [4.78, 5) is 0. The largest absolute Gasteiger partial charge is 0.387 e. The predicted octanol–water partition coefficient (Wildman–Crippen LogP) is 1.23. The number of hydrogen-bond acceptors (Lipinski definition) is 6. The fraction of sp³-hybridized carbons (Fsp3) is 0.400. The summed E-state index contributed by atoms with van der Waals surface area (Å²) >= 11 is 0. The monoisotopic (exact) mass is 360 g/mol. The minimum Gasteiger partial charge on any atom is -0.387 e. The summed E-state index contributed by atoms with van der Waals surface area (Å²) in [6.07, 6.45) is -5.65. The van der Waals surface area contributed by atoms with Crippen molar-refractivity contribution in [1.82, 2.24) is 0 Å². The second-order valence-corrected chi connectivity index (χ2v) is 6.31.